The average molecular weight is 253 g/mol. The number of nitrogens with zero attached hydrogens (tertiary/aromatic N) is 4. The third-order valence-electron chi connectivity index (χ3n) is 2.40. The molecule has 0 radical (unpaired) electrons. The Bertz CT molecular complexity index is 472. The SMILES string of the molecule is COCCn1c(CCl)nnc1-c1ccncc1. The van der Waals surface area contributed by atoms with E-state index in [0.717, 1.165) is 17.2 Å². The van der Waals surface area contributed by atoms with Crippen LogP contribution in [0.25, 0.3) is 11.4 Å². The van der Waals surface area contributed by atoms with E-state index in [1.807, 2.05) is 16.7 Å². The molecule has 0 aliphatic heterocycles. The molecule has 2 aromatic heterocycles. The fraction of sp³-hybridized carbons (Fsp3) is 0.364. The van der Waals surface area contributed by atoms with Gasteiger partial charge in [0.1, 0.15) is 5.82 Å². The number of pyridine rings is 1. The fourth-order valence-corrected chi connectivity index (χ4v) is 1.76. The van der Waals surface area contributed by atoms with Gasteiger partial charge >= 0.3 is 0 Å². The zero-order chi connectivity index (χ0) is 12.1. The van der Waals surface area contributed by atoms with Gasteiger partial charge in [0.15, 0.2) is 5.82 Å². The molecule has 2 heterocycles. The first kappa shape index (κ1) is 12.0. The van der Waals surface area contributed by atoms with E-state index >= 15 is 0 Å². The molecule has 0 N–H and O–H groups in total. The summed E-state index contributed by atoms with van der Waals surface area (Å²) in [6.07, 6.45) is 3.45. The molecule has 0 amide bonds. The first-order valence-electron chi connectivity index (χ1n) is 5.24. The van der Waals surface area contributed by atoms with Crippen LogP contribution in [0.1, 0.15) is 5.82 Å². The van der Waals surface area contributed by atoms with Crippen molar-refractivity contribution in [1.82, 2.24) is 19.7 Å². The Morgan fingerprint density at radius 1 is 1.29 bits per heavy atom. The van der Waals surface area contributed by atoms with Crippen molar-refractivity contribution in [3.63, 3.8) is 0 Å². The van der Waals surface area contributed by atoms with E-state index in [1.165, 1.54) is 0 Å². The third-order valence-corrected chi connectivity index (χ3v) is 2.64. The molecule has 2 aromatic rings. The average Bonchev–Trinajstić information content (AvgIpc) is 2.80. The van der Waals surface area contributed by atoms with Crippen LogP contribution in [0.4, 0.5) is 0 Å². The molecule has 0 aromatic carbocycles. The minimum atomic E-state index is 0.335. The summed E-state index contributed by atoms with van der Waals surface area (Å²) >= 11 is 5.84. The van der Waals surface area contributed by atoms with Crippen molar-refractivity contribution in [3.05, 3.63) is 30.4 Å². The summed E-state index contributed by atoms with van der Waals surface area (Å²) in [4.78, 5) is 3.98. The molecule has 5 nitrogen and oxygen atoms in total. The van der Waals surface area contributed by atoms with Gasteiger partial charge in [-0.15, -0.1) is 21.8 Å². The van der Waals surface area contributed by atoms with E-state index in [9.17, 15) is 0 Å². The van der Waals surface area contributed by atoms with Gasteiger partial charge in [0.25, 0.3) is 0 Å². The maximum Gasteiger partial charge on any atom is 0.164 e. The first-order chi connectivity index (χ1) is 8.36. The fourth-order valence-electron chi connectivity index (χ4n) is 1.57. The monoisotopic (exact) mass is 252 g/mol. The number of methoxy groups -OCH3 is 1. The minimum Gasteiger partial charge on any atom is -0.383 e. The number of aromatic nitrogens is 4. The van der Waals surface area contributed by atoms with Crippen LogP contribution in [-0.2, 0) is 17.2 Å². The van der Waals surface area contributed by atoms with Crippen LogP contribution in [0, 0.1) is 0 Å². The quantitative estimate of drug-likeness (QED) is 0.761. The van der Waals surface area contributed by atoms with Gasteiger partial charge < -0.3 is 9.30 Å². The molecule has 0 spiro atoms. The van der Waals surface area contributed by atoms with Crippen molar-refractivity contribution in [2.24, 2.45) is 0 Å². The van der Waals surface area contributed by atoms with Gasteiger partial charge in [-0.1, -0.05) is 0 Å². The zero-order valence-corrected chi connectivity index (χ0v) is 10.3. The number of alkyl halides is 1. The molecule has 0 saturated carbocycles. The second kappa shape index (κ2) is 5.75. The predicted molar refractivity (Wildman–Crippen MR) is 64.7 cm³/mol. The van der Waals surface area contributed by atoms with Gasteiger partial charge in [-0.25, -0.2) is 0 Å². The van der Waals surface area contributed by atoms with Crippen LogP contribution in [0.5, 0.6) is 0 Å². The number of ether oxygens (including phenoxy) is 1. The van der Waals surface area contributed by atoms with E-state index in [-0.39, 0.29) is 0 Å². The normalized spacial score (nSPS) is 10.7. The van der Waals surface area contributed by atoms with Gasteiger partial charge in [0, 0.05) is 31.6 Å². The van der Waals surface area contributed by atoms with Crippen molar-refractivity contribution in [1.29, 1.82) is 0 Å². The predicted octanol–water partition coefficient (Wildman–Crippen LogP) is 1.73. The van der Waals surface area contributed by atoms with Gasteiger partial charge in [0.2, 0.25) is 0 Å². The number of hydrogen-bond acceptors (Lipinski definition) is 4. The standard InChI is InChI=1S/C11H13ClN4O/c1-17-7-6-16-10(8-12)14-15-11(16)9-2-4-13-5-3-9/h2-5H,6-8H2,1H3. The lowest BCUT2D eigenvalue weighted by molar-refractivity contribution is 0.187. The minimum absolute atomic E-state index is 0.335. The Kier molecular flexibility index (Phi) is 4.06. The van der Waals surface area contributed by atoms with Crippen LogP contribution in [-0.4, -0.2) is 33.5 Å². The summed E-state index contributed by atoms with van der Waals surface area (Å²) in [6, 6.07) is 3.79. The summed E-state index contributed by atoms with van der Waals surface area (Å²) in [6.45, 7) is 1.28. The molecule has 0 saturated heterocycles. The Morgan fingerprint density at radius 2 is 2.06 bits per heavy atom. The summed E-state index contributed by atoms with van der Waals surface area (Å²) in [5.74, 6) is 1.87. The van der Waals surface area contributed by atoms with Crippen LogP contribution in [0.2, 0.25) is 0 Å². The molecule has 0 unspecified atom stereocenters. The molecule has 6 heteroatoms. The first-order valence-corrected chi connectivity index (χ1v) is 5.77. The Labute approximate surface area is 104 Å². The van der Waals surface area contributed by atoms with Crippen LogP contribution in [0.3, 0.4) is 0 Å². The highest BCUT2D eigenvalue weighted by atomic mass is 35.5. The van der Waals surface area contributed by atoms with Crippen molar-refractivity contribution in [2.75, 3.05) is 13.7 Å². The van der Waals surface area contributed by atoms with Crippen molar-refractivity contribution < 1.29 is 4.74 Å². The number of hydrogen-bond donors (Lipinski definition) is 0. The second-order valence-corrected chi connectivity index (χ2v) is 3.72. The van der Waals surface area contributed by atoms with Crippen molar-refractivity contribution in [3.8, 4) is 11.4 Å². The lowest BCUT2D eigenvalue weighted by Gasteiger charge is -2.08. The summed E-state index contributed by atoms with van der Waals surface area (Å²) < 4.78 is 7.04. The Balaban J connectivity index is 2.36. The smallest absolute Gasteiger partial charge is 0.164 e. The molecule has 17 heavy (non-hydrogen) atoms. The van der Waals surface area contributed by atoms with Crippen LogP contribution in [0.15, 0.2) is 24.5 Å². The van der Waals surface area contributed by atoms with Crippen molar-refractivity contribution >= 4 is 11.6 Å². The summed E-state index contributed by atoms with van der Waals surface area (Å²) in [7, 11) is 1.66. The Hall–Kier alpha value is -1.46. The van der Waals surface area contributed by atoms with E-state index in [1.54, 1.807) is 19.5 Å². The maximum absolute atomic E-state index is 5.84. The molecule has 0 fully saturated rings. The van der Waals surface area contributed by atoms with E-state index in [4.69, 9.17) is 16.3 Å². The van der Waals surface area contributed by atoms with Crippen LogP contribution < -0.4 is 0 Å². The van der Waals surface area contributed by atoms with E-state index < -0.39 is 0 Å². The molecule has 0 aliphatic rings. The maximum atomic E-state index is 5.84. The highest BCUT2D eigenvalue weighted by Gasteiger charge is 2.12. The van der Waals surface area contributed by atoms with Crippen LogP contribution >= 0.6 is 11.6 Å². The zero-order valence-electron chi connectivity index (χ0n) is 9.51. The second-order valence-electron chi connectivity index (χ2n) is 3.45. The highest BCUT2D eigenvalue weighted by molar-refractivity contribution is 6.16. The largest absolute Gasteiger partial charge is 0.383 e. The van der Waals surface area contributed by atoms with E-state index in [0.29, 0.717) is 19.0 Å². The lowest BCUT2D eigenvalue weighted by atomic mass is 10.2. The molecule has 90 valence electrons. The topological polar surface area (TPSA) is 52.8 Å². The summed E-state index contributed by atoms with van der Waals surface area (Å²) in [5.41, 5.74) is 0.972. The highest BCUT2D eigenvalue weighted by Crippen LogP contribution is 2.18. The van der Waals surface area contributed by atoms with Gasteiger partial charge in [-0.05, 0) is 12.1 Å². The molecular weight excluding hydrogens is 240 g/mol. The molecular formula is C11H13ClN4O. The van der Waals surface area contributed by atoms with Gasteiger partial charge in [-0.2, -0.15) is 0 Å². The third kappa shape index (κ3) is 2.62. The number of halogens is 1. The van der Waals surface area contributed by atoms with E-state index in [2.05, 4.69) is 15.2 Å². The molecule has 0 atom stereocenters. The number of rotatable bonds is 5. The van der Waals surface area contributed by atoms with Crippen molar-refractivity contribution in [2.45, 2.75) is 12.4 Å². The van der Waals surface area contributed by atoms with Gasteiger partial charge in [-0.3, -0.25) is 4.98 Å². The summed E-state index contributed by atoms with van der Waals surface area (Å²) in [5, 5.41) is 8.22. The van der Waals surface area contributed by atoms with Gasteiger partial charge in [0.05, 0.1) is 12.5 Å². The lowest BCUT2D eigenvalue weighted by Crippen LogP contribution is -2.09. The molecule has 0 bridgehead atoms. The molecule has 2 rings (SSSR count). The Morgan fingerprint density at radius 3 is 2.71 bits per heavy atom. The molecule has 0 aliphatic carbocycles.